The minimum Gasteiger partial charge on any atom is -0.452 e. The zero-order valence-electron chi connectivity index (χ0n) is 43.6. The summed E-state index contributed by atoms with van der Waals surface area (Å²) in [6.45, 7) is 16.0. The SMILES string of the molecule is Cc1cc2c3cc4ccc(N(c5ccccc5-c5ccccc5)c5ccccc5C(C)(C)C)cc4cc3oc2c2oc3cc4cc(N(c5ccccc5-c5ccccc5)c5ccccc5C(C)(C)C)ccc4cc3c12. The van der Waals surface area contributed by atoms with E-state index < -0.39 is 0 Å². The van der Waals surface area contributed by atoms with Gasteiger partial charge in [-0.15, -0.1) is 0 Å². The van der Waals surface area contributed by atoms with Crippen LogP contribution in [0.25, 0.3) is 87.7 Å². The Morgan fingerprint density at radius 1 is 0.333 bits per heavy atom. The molecule has 0 unspecified atom stereocenters. The second-order valence-electron chi connectivity index (χ2n) is 22.2. The molecule has 0 fully saturated rings. The van der Waals surface area contributed by atoms with Crippen LogP contribution in [0.4, 0.5) is 34.1 Å². The summed E-state index contributed by atoms with van der Waals surface area (Å²) >= 11 is 0. The van der Waals surface area contributed by atoms with E-state index in [0.717, 1.165) is 105 Å². The minimum absolute atomic E-state index is 0.0980. The predicted octanol–water partition coefficient (Wildman–Crippen LogP) is 21.0. The molecule has 0 aliphatic rings. The van der Waals surface area contributed by atoms with Gasteiger partial charge < -0.3 is 18.6 Å². The van der Waals surface area contributed by atoms with E-state index in [1.807, 2.05) is 0 Å². The number of para-hydroxylation sites is 4. The molecule has 13 aromatic rings. The third-order valence-electron chi connectivity index (χ3n) is 15.1. The minimum atomic E-state index is -0.0983. The van der Waals surface area contributed by atoms with Crippen LogP contribution in [0.15, 0.2) is 233 Å². The molecular formula is C71H58N2O2. The van der Waals surface area contributed by atoms with Crippen LogP contribution in [-0.2, 0) is 10.8 Å². The molecule has 0 N–H and O–H groups in total. The molecule has 0 saturated carbocycles. The van der Waals surface area contributed by atoms with E-state index in [2.05, 4.69) is 283 Å². The molecule has 0 bridgehead atoms. The van der Waals surface area contributed by atoms with Crippen molar-refractivity contribution in [3.63, 3.8) is 0 Å². The Morgan fingerprint density at radius 2 is 0.747 bits per heavy atom. The van der Waals surface area contributed by atoms with Crippen molar-refractivity contribution in [1.82, 2.24) is 0 Å². The molecule has 11 aromatic carbocycles. The Labute approximate surface area is 438 Å². The Balaban J connectivity index is 0.956. The highest BCUT2D eigenvalue weighted by atomic mass is 16.4. The molecule has 75 heavy (non-hydrogen) atoms. The molecule has 0 spiro atoms. The van der Waals surface area contributed by atoms with Crippen molar-refractivity contribution < 1.29 is 8.83 Å². The third kappa shape index (κ3) is 7.91. The average Bonchev–Trinajstić information content (AvgIpc) is 4.01. The van der Waals surface area contributed by atoms with Gasteiger partial charge in [-0.25, -0.2) is 0 Å². The van der Waals surface area contributed by atoms with Gasteiger partial charge in [-0.3, -0.25) is 0 Å². The topological polar surface area (TPSA) is 32.8 Å². The van der Waals surface area contributed by atoms with Gasteiger partial charge in [-0.1, -0.05) is 187 Å². The number of aryl methyl sites for hydroxylation is 1. The maximum absolute atomic E-state index is 7.01. The highest BCUT2D eigenvalue weighted by molar-refractivity contribution is 6.22. The number of hydrogen-bond acceptors (Lipinski definition) is 4. The van der Waals surface area contributed by atoms with Crippen LogP contribution in [0.2, 0.25) is 0 Å². The van der Waals surface area contributed by atoms with Crippen LogP contribution < -0.4 is 9.80 Å². The summed E-state index contributed by atoms with van der Waals surface area (Å²) in [4.78, 5) is 4.87. The van der Waals surface area contributed by atoms with Gasteiger partial charge >= 0.3 is 0 Å². The van der Waals surface area contributed by atoms with Crippen molar-refractivity contribution >= 4 is 99.5 Å². The van der Waals surface area contributed by atoms with Gasteiger partial charge in [-0.05, 0) is 146 Å². The molecule has 0 saturated heterocycles. The van der Waals surface area contributed by atoms with E-state index in [-0.39, 0.29) is 10.8 Å². The molecule has 0 radical (unpaired) electrons. The number of rotatable bonds is 8. The van der Waals surface area contributed by atoms with Crippen LogP contribution in [-0.4, -0.2) is 0 Å². The Hall–Kier alpha value is -8.86. The largest absolute Gasteiger partial charge is 0.452 e. The number of nitrogens with zero attached hydrogens (tertiary/aromatic N) is 2. The lowest BCUT2D eigenvalue weighted by Crippen LogP contribution is -2.19. The first kappa shape index (κ1) is 46.0. The highest BCUT2D eigenvalue weighted by Crippen LogP contribution is 2.49. The number of benzene rings is 11. The second kappa shape index (κ2) is 17.7. The standard InChI is InChI=1S/C71H58N2O2/c1-45-38-57-56-41-48-34-36-52(72(63-32-20-16-28-59(63)70(2,3)4)61-30-18-14-26-54(61)46-22-10-8-11-23-46)39-50(48)43-65(56)74-68(57)69-67(45)58-42-49-35-37-53(40-51(49)44-66(58)75-69)73(64-33-21-17-29-60(64)71(5,6)7)62-31-19-15-27-55(62)47-24-12-9-13-25-47/h8-44H,1-7H3. The molecule has 4 heteroatoms. The summed E-state index contributed by atoms with van der Waals surface area (Å²) in [7, 11) is 0. The number of anilines is 6. The van der Waals surface area contributed by atoms with Crippen molar-refractivity contribution in [3.8, 4) is 22.3 Å². The fourth-order valence-corrected chi connectivity index (χ4v) is 11.6. The van der Waals surface area contributed by atoms with E-state index in [9.17, 15) is 0 Å². The summed E-state index contributed by atoms with van der Waals surface area (Å²) in [5.74, 6) is 0. The zero-order valence-corrected chi connectivity index (χ0v) is 43.6. The van der Waals surface area contributed by atoms with Crippen LogP contribution in [0.5, 0.6) is 0 Å². The van der Waals surface area contributed by atoms with E-state index >= 15 is 0 Å². The van der Waals surface area contributed by atoms with E-state index in [0.29, 0.717) is 0 Å². The lowest BCUT2D eigenvalue weighted by atomic mass is 9.85. The van der Waals surface area contributed by atoms with Crippen LogP contribution >= 0.6 is 0 Å². The molecule has 13 rings (SSSR count). The maximum atomic E-state index is 7.01. The summed E-state index contributed by atoms with van der Waals surface area (Å²) in [5.41, 5.74) is 18.1. The normalized spacial score (nSPS) is 12.2. The van der Waals surface area contributed by atoms with Crippen LogP contribution in [0.3, 0.4) is 0 Å². The first-order chi connectivity index (χ1) is 36.4. The third-order valence-corrected chi connectivity index (χ3v) is 15.1. The fourth-order valence-electron chi connectivity index (χ4n) is 11.6. The van der Waals surface area contributed by atoms with Crippen molar-refractivity contribution in [2.75, 3.05) is 9.80 Å². The number of hydrogen-bond donors (Lipinski definition) is 0. The van der Waals surface area contributed by atoms with Gasteiger partial charge in [0.25, 0.3) is 0 Å². The van der Waals surface area contributed by atoms with Crippen molar-refractivity contribution in [2.45, 2.75) is 59.3 Å². The lowest BCUT2D eigenvalue weighted by Gasteiger charge is -2.33. The smallest absolute Gasteiger partial charge is 0.178 e. The van der Waals surface area contributed by atoms with Gasteiger partial charge in [0.15, 0.2) is 11.2 Å². The maximum Gasteiger partial charge on any atom is 0.178 e. The van der Waals surface area contributed by atoms with Crippen molar-refractivity contribution in [3.05, 3.63) is 241 Å². The van der Waals surface area contributed by atoms with Crippen LogP contribution in [0.1, 0.15) is 58.2 Å². The van der Waals surface area contributed by atoms with Gasteiger partial charge in [-0.2, -0.15) is 0 Å². The molecule has 2 aromatic heterocycles. The van der Waals surface area contributed by atoms with Gasteiger partial charge in [0.2, 0.25) is 0 Å². The van der Waals surface area contributed by atoms with Gasteiger partial charge in [0, 0.05) is 55.4 Å². The summed E-state index contributed by atoms with van der Waals surface area (Å²) in [6, 6.07) is 81.5. The molecule has 0 amide bonds. The molecule has 0 aliphatic heterocycles. The van der Waals surface area contributed by atoms with Crippen LogP contribution in [0, 0.1) is 6.92 Å². The second-order valence-corrected chi connectivity index (χ2v) is 22.2. The molecule has 0 atom stereocenters. The van der Waals surface area contributed by atoms with Gasteiger partial charge in [0.05, 0.1) is 11.4 Å². The Morgan fingerprint density at radius 3 is 1.24 bits per heavy atom. The molecule has 364 valence electrons. The van der Waals surface area contributed by atoms with E-state index in [4.69, 9.17) is 8.83 Å². The van der Waals surface area contributed by atoms with E-state index in [1.54, 1.807) is 0 Å². The predicted molar refractivity (Wildman–Crippen MR) is 318 cm³/mol. The summed E-state index contributed by atoms with van der Waals surface area (Å²) in [6.07, 6.45) is 0. The molecule has 0 aliphatic carbocycles. The zero-order chi connectivity index (χ0) is 51.2. The number of furan rings is 2. The van der Waals surface area contributed by atoms with Crippen molar-refractivity contribution in [1.29, 1.82) is 0 Å². The highest BCUT2D eigenvalue weighted by Gasteiger charge is 2.28. The Bertz CT molecular complexity index is 4340. The molecular weight excluding hydrogens is 913 g/mol. The quantitative estimate of drug-likeness (QED) is 0.152. The molecule has 2 heterocycles. The number of fused-ring (bicyclic) bond motifs is 9. The summed E-state index contributed by atoms with van der Waals surface area (Å²) in [5, 5.41) is 8.76. The first-order valence-electron chi connectivity index (χ1n) is 26.2. The van der Waals surface area contributed by atoms with Crippen molar-refractivity contribution in [2.24, 2.45) is 0 Å². The lowest BCUT2D eigenvalue weighted by molar-refractivity contribution is 0.590. The Kier molecular flexibility index (Phi) is 10.8. The first-order valence-corrected chi connectivity index (χ1v) is 26.2. The molecule has 4 nitrogen and oxygen atoms in total. The fraction of sp³-hybridized carbons (Fsp3) is 0.127. The van der Waals surface area contributed by atoms with E-state index in [1.165, 1.54) is 33.4 Å². The monoisotopic (exact) mass is 970 g/mol. The van der Waals surface area contributed by atoms with Gasteiger partial charge in [0.1, 0.15) is 11.2 Å². The average molecular weight is 971 g/mol. The summed E-state index contributed by atoms with van der Waals surface area (Å²) < 4.78 is 14.0.